The Hall–Kier alpha value is -3.54. The monoisotopic (exact) mass is 677 g/mol. The quantitative estimate of drug-likeness (QED) is 0.268. The maximum atomic E-state index is 14.3. The number of nitrogens with one attached hydrogen (secondary N) is 1. The number of sulfonamides is 1. The zero-order valence-corrected chi connectivity index (χ0v) is 27.0. The van der Waals surface area contributed by atoms with Gasteiger partial charge in [-0.2, -0.15) is 0 Å². The second-order valence-corrected chi connectivity index (χ2v) is 13.7. The molecule has 1 heterocycles. The largest absolute Gasteiger partial charge is 0.486 e. The van der Waals surface area contributed by atoms with Crippen LogP contribution in [0.3, 0.4) is 0 Å². The molecule has 1 atom stereocenters. The van der Waals surface area contributed by atoms with Crippen LogP contribution in [-0.4, -0.2) is 57.0 Å². The van der Waals surface area contributed by atoms with Gasteiger partial charge in [0.2, 0.25) is 11.8 Å². The number of carbonyl (C=O) groups is 2. The smallest absolute Gasteiger partial charge is 0.264 e. The second kappa shape index (κ2) is 14.3. The van der Waals surface area contributed by atoms with E-state index in [-0.39, 0.29) is 47.9 Å². The molecule has 1 aliphatic carbocycles. The lowest BCUT2D eigenvalue weighted by molar-refractivity contribution is -0.140. The molecule has 1 saturated carbocycles. The van der Waals surface area contributed by atoms with E-state index in [1.165, 1.54) is 41.3 Å². The van der Waals surface area contributed by atoms with E-state index < -0.39 is 34.3 Å². The van der Waals surface area contributed by atoms with Crippen molar-refractivity contribution >= 4 is 50.7 Å². The van der Waals surface area contributed by atoms with E-state index >= 15 is 0 Å². The SMILES string of the molecule is CCC(C(=O)NC1CCCC1)N(Cc1ccc(Cl)cc1Cl)C(=O)CN(c1ccc(F)cc1)S(=O)(=O)c1ccc2c(c1)OCCO2. The number of fused-ring (bicyclic) bond motifs is 1. The Balaban J connectivity index is 1.52. The number of ether oxygens (including phenoxy) is 2. The van der Waals surface area contributed by atoms with E-state index in [4.69, 9.17) is 32.7 Å². The minimum absolute atomic E-state index is 0.00826. The number of halogens is 3. The lowest BCUT2D eigenvalue weighted by atomic mass is 10.1. The number of nitrogens with zero attached hydrogens (tertiary/aromatic N) is 2. The summed E-state index contributed by atoms with van der Waals surface area (Å²) in [4.78, 5) is 29.1. The summed E-state index contributed by atoms with van der Waals surface area (Å²) in [7, 11) is -4.40. The highest BCUT2D eigenvalue weighted by molar-refractivity contribution is 7.92. The fourth-order valence-electron chi connectivity index (χ4n) is 5.57. The van der Waals surface area contributed by atoms with Gasteiger partial charge in [0.25, 0.3) is 10.0 Å². The molecule has 13 heteroatoms. The third-order valence-corrected chi connectivity index (χ3v) is 10.3. The number of benzene rings is 3. The molecule has 240 valence electrons. The highest BCUT2D eigenvalue weighted by Gasteiger charge is 2.35. The van der Waals surface area contributed by atoms with Gasteiger partial charge < -0.3 is 19.7 Å². The molecule has 0 bridgehead atoms. The Morgan fingerprint density at radius 1 is 0.978 bits per heavy atom. The van der Waals surface area contributed by atoms with Gasteiger partial charge >= 0.3 is 0 Å². The van der Waals surface area contributed by atoms with Crippen molar-refractivity contribution in [2.75, 3.05) is 24.1 Å². The van der Waals surface area contributed by atoms with Crippen LogP contribution in [-0.2, 0) is 26.2 Å². The first-order valence-corrected chi connectivity index (χ1v) is 17.0. The average molecular weight is 679 g/mol. The van der Waals surface area contributed by atoms with E-state index in [2.05, 4.69) is 5.32 Å². The molecule has 0 saturated heterocycles. The fourth-order valence-corrected chi connectivity index (χ4v) is 7.47. The highest BCUT2D eigenvalue weighted by atomic mass is 35.5. The second-order valence-electron chi connectivity index (χ2n) is 11.0. The van der Waals surface area contributed by atoms with Gasteiger partial charge in [-0.05, 0) is 73.4 Å². The van der Waals surface area contributed by atoms with Crippen molar-refractivity contribution in [2.24, 2.45) is 0 Å². The van der Waals surface area contributed by atoms with E-state index in [0.29, 0.717) is 28.0 Å². The van der Waals surface area contributed by atoms with Crippen molar-refractivity contribution in [3.8, 4) is 11.5 Å². The molecule has 1 aliphatic heterocycles. The summed E-state index contributed by atoms with van der Waals surface area (Å²) in [6.45, 7) is 1.61. The van der Waals surface area contributed by atoms with Crippen LogP contribution >= 0.6 is 23.2 Å². The van der Waals surface area contributed by atoms with Crippen LogP contribution in [0.4, 0.5) is 10.1 Å². The third-order valence-electron chi connectivity index (χ3n) is 7.94. The van der Waals surface area contributed by atoms with Crippen LogP contribution in [0.5, 0.6) is 11.5 Å². The van der Waals surface area contributed by atoms with E-state index in [0.717, 1.165) is 42.1 Å². The molecular weight excluding hydrogens is 644 g/mol. The molecule has 3 aromatic rings. The van der Waals surface area contributed by atoms with Crippen LogP contribution in [0, 0.1) is 5.82 Å². The van der Waals surface area contributed by atoms with E-state index in [1.54, 1.807) is 19.1 Å². The van der Waals surface area contributed by atoms with Crippen molar-refractivity contribution in [1.82, 2.24) is 10.2 Å². The maximum absolute atomic E-state index is 14.3. The Morgan fingerprint density at radius 2 is 1.67 bits per heavy atom. The van der Waals surface area contributed by atoms with Gasteiger partial charge in [0.15, 0.2) is 11.5 Å². The van der Waals surface area contributed by atoms with Crippen molar-refractivity contribution in [2.45, 2.75) is 62.6 Å². The molecule has 2 aliphatic rings. The van der Waals surface area contributed by atoms with Crippen LogP contribution < -0.4 is 19.1 Å². The number of anilines is 1. The average Bonchev–Trinajstić information content (AvgIpc) is 3.54. The molecule has 45 heavy (non-hydrogen) atoms. The van der Waals surface area contributed by atoms with Gasteiger partial charge in [0, 0.05) is 28.7 Å². The molecule has 1 fully saturated rings. The zero-order chi connectivity index (χ0) is 32.1. The summed E-state index contributed by atoms with van der Waals surface area (Å²) in [5.74, 6) is -0.905. The van der Waals surface area contributed by atoms with Gasteiger partial charge in [0.05, 0.1) is 10.6 Å². The topological polar surface area (TPSA) is 105 Å². The molecule has 9 nitrogen and oxygen atoms in total. The first-order valence-electron chi connectivity index (χ1n) is 14.8. The number of hydrogen-bond donors (Lipinski definition) is 1. The molecule has 2 amide bonds. The van der Waals surface area contributed by atoms with Gasteiger partial charge in [-0.25, -0.2) is 12.8 Å². The Bertz CT molecular complexity index is 1650. The van der Waals surface area contributed by atoms with Crippen molar-refractivity contribution in [3.05, 3.63) is 82.1 Å². The normalized spacial score (nSPS) is 15.4. The van der Waals surface area contributed by atoms with Gasteiger partial charge in [0.1, 0.15) is 31.6 Å². The van der Waals surface area contributed by atoms with Gasteiger partial charge in [-0.15, -0.1) is 0 Å². The summed E-state index contributed by atoms with van der Waals surface area (Å²) < 4.78 is 54.3. The summed E-state index contributed by atoms with van der Waals surface area (Å²) in [6, 6.07) is 12.9. The zero-order valence-electron chi connectivity index (χ0n) is 24.7. The summed E-state index contributed by atoms with van der Waals surface area (Å²) in [6.07, 6.45) is 3.99. The van der Waals surface area contributed by atoms with Gasteiger partial charge in [-0.1, -0.05) is 49.0 Å². The Kier molecular flexibility index (Phi) is 10.4. The van der Waals surface area contributed by atoms with Crippen LogP contribution in [0.2, 0.25) is 10.0 Å². The third kappa shape index (κ3) is 7.65. The van der Waals surface area contributed by atoms with Crippen LogP contribution in [0.1, 0.15) is 44.6 Å². The molecule has 1 unspecified atom stereocenters. The van der Waals surface area contributed by atoms with E-state index in [9.17, 15) is 22.4 Å². The standard InChI is InChI=1S/C32H34Cl2FN3O6S/c1-2-28(32(40)36-24-5-3-4-6-24)37(19-21-7-8-22(33)17-27(21)34)31(39)20-38(25-11-9-23(35)10-12-25)45(41,42)26-13-14-29-30(18-26)44-16-15-43-29/h7-14,17-18,24,28H,2-6,15-16,19-20H2,1H3,(H,36,40). The maximum Gasteiger partial charge on any atom is 0.264 e. The Morgan fingerprint density at radius 3 is 2.33 bits per heavy atom. The molecule has 3 aromatic carbocycles. The molecule has 0 radical (unpaired) electrons. The lowest BCUT2D eigenvalue weighted by Crippen LogP contribution is -2.53. The first kappa shape index (κ1) is 32.8. The fraction of sp³-hybridized carbons (Fsp3) is 0.375. The highest BCUT2D eigenvalue weighted by Crippen LogP contribution is 2.34. The first-order chi connectivity index (χ1) is 21.6. The summed E-state index contributed by atoms with van der Waals surface area (Å²) in [5, 5.41) is 3.77. The summed E-state index contributed by atoms with van der Waals surface area (Å²) in [5.41, 5.74) is 0.595. The number of hydrogen-bond acceptors (Lipinski definition) is 6. The molecule has 1 N–H and O–H groups in total. The molecule has 0 spiro atoms. The number of rotatable bonds is 11. The van der Waals surface area contributed by atoms with Crippen molar-refractivity contribution in [3.63, 3.8) is 0 Å². The predicted octanol–water partition coefficient (Wildman–Crippen LogP) is 5.97. The number of carbonyl (C=O) groups excluding carboxylic acids is 2. The minimum atomic E-state index is -4.40. The van der Waals surface area contributed by atoms with Crippen LogP contribution in [0.25, 0.3) is 0 Å². The Labute approximate surface area is 272 Å². The lowest BCUT2D eigenvalue weighted by Gasteiger charge is -2.34. The molecule has 0 aromatic heterocycles. The summed E-state index contributed by atoms with van der Waals surface area (Å²) >= 11 is 12.6. The van der Waals surface area contributed by atoms with Crippen LogP contribution in [0.15, 0.2) is 65.6 Å². The van der Waals surface area contributed by atoms with Crippen molar-refractivity contribution in [1.29, 1.82) is 0 Å². The number of amides is 2. The van der Waals surface area contributed by atoms with Gasteiger partial charge in [-0.3, -0.25) is 13.9 Å². The van der Waals surface area contributed by atoms with E-state index in [1.807, 2.05) is 0 Å². The predicted molar refractivity (Wildman–Crippen MR) is 170 cm³/mol. The molecule has 5 rings (SSSR count). The van der Waals surface area contributed by atoms with Crippen molar-refractivity contribution < 1.29 is 31.9 Å². The molecular formula is C32H34Cl2FN3O6S. The minimum Gasteiger partial charge on any atom is -0.486 e.